The van der Waals surface area contributed by atoms with E-state index < -0.39 is 5.92 Å². The normalized spacial score (nSPS) is 18.9. The SMILES string of the molecule is O=C(Nc1cccc(C(=O)N2CCCC2)c1)C1CC(=O)N(c2cccc(Br)c2)C1. The van der Waals surface area contributed by atoms with E-state index in [0.717, 1.165) is 36.1 Å². The van der Waals surface area contributed by atoms with Crippen molar-refractivity contribution < 1.29 is 14.4 Å². The summed E-state index contributed by atoms with van der Waals surface area (Å²) in [4.78, 5) is 41.2. The van der Waals surface area contributed by atoms with Gasteiger partial charge in [0.15, 0.2) is 0 Å². The number of anilines is 2. The Morgan fingerprint density at radius 2 is 1.79 bits per heavy atom. The van der Waals surface area contributed by atoms with E-state index >= 15 is 0 Å². The van der Waals surface area contributed by atoms with Crippen molar-refractivity contribution >= 4 is 45.0 Å². The average Bonchev–Trinajstić information content (AvgIpc) is 3.37. The van der Waals surface area contributed by atoms with Crippen molar-refractivity contribution in [1.29, 1.82) is 0 Å². The highest BCUT2D eigenvalue weighted by atomic mass is 79.9. The largest absolute Gasteiger partial charge is 0.339 e. The van der Waals surface area contributed by atoms with Crippen molar-refractivity contribution in [3.8, 4) is 0 Å². The van der Waals surface area contributed by atoms with E-state index in [1.54, 1.807) is 29.2 Å². The second-order valence-electron chi connectivity index (χ2n) is 7.45. The van der Waals surface area contributed by atoms with Crippen LogP contribution in [0.5, 0.6) is 0 Å². The van der Waals surface area contributed by atoms with Crippen LogP contribution in [0.2, 0.25) is 0 Å². The van der Waals surface area contributed by atoms with Gasteiger partial charge in [-0.3, -0.25) is 14.4 Å². The molecule has 0 aromatic heterocycles. The number of carbonyl (C=O) groups is 3. The van der Waals surface area contributed by atoms with Crippen molar-refractivity contribution in [3.05, 3.63) is 58.6 Å². The van der Waals surface area contributed by atoms with Crippen LogP contribution in [0, 0.1) is 5.92 Å². The Bertz CT molecular complexity index is 956. The van der Waals surface area contributed by atoms with Gasteiger partial charge in [0, 0.05) is 47.5 Å². The third kappa shape index (κ3) is 4.34. The lowest BCUT2D eigenvalue weighted by molar-refractivity contribution is -0.122. The smallest absolute Gasteiger partial charge is 0.253 e. The predicted octanol–water partition coefficient (Wildman–Crippen LogP) is 3.68. The maximum Gasteiger partial charge on any atom is 0.253 e. The molecule has 0 saturated carbocycles. The van der Waals surface area contributed by atoms with E-state index in [4.69, 9.17) is 0 Å². The number of halogens is 1. The number of nitrogens with one attached hydrogen (secondary N) is 1. The first-order valence-electron chi connectivity index (χ1n) is 9.77. The summed E-state index contributed by atoms with van der Waals surface area (Å²) in [5, 5.41) is 2.88. The molecule has 0 aliphatic carbocycles. The Kier molecular flexibility index (Phi) is 5.67. The lowest BCUT2D eigenvalue weighted by Crippen LogP contribution is -2.29. The summed E-state index contributed by atoms with van der Waals surface area (Å²) < 4.78 is 0.884. The van der Waals surface area contributed by atoms with Crippen LogP contribution in [0.3, 0.4) is 0 Å². The van der Waals surface area contributed by atoms with Gasteiger partial charge in [0.2, 0.25) is 11.8 Å². The molecular formula is C22H22BrN3O3. The number of benzene rings is 2. The maximum atomic E-state index is 12.7. The highest BCUT2D eigenvalue weighted by Crippen LogP contribution is 2.28. The fourth-order valence-electron chi connectivity index (χ4n) is 3.85. The summed E-state index contributed by atoms with van der Waals surface area (Å²) in [6, 6.07) is 14.5. The van der Waals surface area contributed by atoms with Crippen LogP contribution in [0.25, 0.3) is 0 Å². The zero-order chi connectivity index (χ0) is 20.4. The molecule has 4 rings (SSSR count). The molecule has 2 aliphatic heterocycles. The van der Waals surface area contributed by atoms with E-state index in [-0.39, 0.29) is 24.1 Å². The Balaban J connectivity index is 1.42. The first-order chi connectivity index (χ1) is 14.0. The Morgan fingerprint density at radius 3 is 2.55 bits per heavy atom. The van der Waals surface area contributed by atoms with E-state index in [1.165, 1.54) is 0 Å². The minimum atomic E-state index is -0.431. The summed E-state index contributed by atoms with van der Waals surface area (Å²) in [7, 11) is 0. The molecule has 2 fully saturated rings. The molecule has 1 unspecified atom stereocenters. The summed E-state index contributed by atoms with van der Waals surface area (Å²) in [5.41, 5.74) is 1.93. The van der Waals surface area contributed by atoms with Gasteiger partial charge in [-0.05, 0) is 49.2 Å². The van der Waals surface area contributed by atoms with Gasteiger partial charge in [-0.25, -0.2) is 0 Å². The van der Waals surface area contributed by atoms with Crippen LogP contribution in [0.15, 0.2) is 53.0 Å². The molecule has 7 heteroatoms. The molecule has 1 atom stereocenters. The number of rotatable bonds is 4. The van der Waals surface area contributed by atoms with Crippen molar-refractivity contribution in [1.82, 2.24) is 4.90 Å². The maximum absolute atomic E-state index is 12.7. The predicted molar refractivity (Wildman–Crippen MR) is 115 cm³/mol. The fourth-order valence-corrected chi connectivity index (χ4v) is 4.24. The summed E-state index contributed by atoms with van der Waals surface area (Å²) >= 11 is 3.41. The molecule has 2 aromatic rings. The Labute approximate surface area is 178 Å². The molecule has 150 valence electrons. The van der Waals surface area contributed by atoms with Gasteiger partial charge in [0.1, 0.15) is 0 Å². The van der Waals surface area contributed by atoms with Crippen LogP contribution in [-0.2, 0) is 9.59 Å². The molecule has 6 nitrogen and oxygen atoms in total. The van der Waals surface area contributed by atoms with Crippen LogP contribution in [0.4, 0.5) is 11.4 Å². The quantitative estimate of drug-likeness (QED) is 0.764. The Morgan fingerprint density at radius 1 is 1.03 bits per heavy atom. The molecule has 0 radical (unpaired) electrons. The van der Waals surface area contributed by atoms with E-state index in [0.29, 0.717) is 17.8 Å². The van der Waals surface area contributed by atoms with Crippen molar-refractivity contribution in [2.24, 2.45) is 5.92 Å². The molecule has 2 aliphatic rings. The molecule has 0 spiro atoms. The van der Waals surface area contributed by atoms with Gasteiger partial charge in [0.05, 0.1) is 5.92 Å². The van der Waals surface area contributed by atoms with Crippen LogP contribution in [-0.4, -0.2) is 42.3 Å². The molecule has 1 N–H and O–H groups in total. The number of hydrogen-bond donors (Lipinski definition) is 1. The van der Waals surface area contributed by atoms with E-state index in [1.807, 2.05) is 29.2 Å². The van der Waals surface area contributed by atoms with Gasteiger partial charge < -0.3 is 15.1 Å². The van der Waals surface area contributed by atoms with Crippen molar-refractivity contribution in [2.45, 2.75) is 19.3 Å². The van der Waals surface area contributed by atoms with Gasteiger partial charge >= 0.3 is 0 Å². The second kappa shape index (κ2) is 8.37. The fraction of sp³-hybridized carbons (Fsp3) is 0.318. The minimum absolute atomic E-state index is 0.00419. The summed E-state index contributed by atoms with van der Waals surface area (Å²) in [6.45, 7) is 1.91. The third-order valence-electron chi connectivity index (χ3n) is 5.39. The van der Waals surface area contributed by atoms with E-state index in [9.17, 15) is 14.4 Å². The van der Waals surface area contributed by atoms with Gasteiger partial charge in [0.25, 0.3) is 5.91 Å². The third-order valence-corrected chi connectivity index (χ3v) is 5.88. The van der Waals surface area contributed by atoms with Gasteiger partial charge in [-0.15, -0.1) is 0 Å². The zero-order valence-electron chi connectivity index (χ0n) is 15.9. The molecule has 3 amide bonds. The van der Waals surface area contributed by atoms with Crippen LogP contribution in [0.1, 0.15) is 29.6 Å². The van der Waals surface area contributed by atoms with Gasteiger partial charge in [-0.2, -0.15) is 0 Å². The Hall–Kier alpha value is -2.67. The lowest BCUT2D eigenvalue weighted by Gasteiger charge is -2.17. The number of hydrogen-bond acceptors (Lipinski definition) is 3. The van der Waals surface area contributed by atoms with Crippen LogP contribution < -0.4 is 10.2 Å². The number of amides is 3. The minimum Gasteiger partial charge on any atom is -0.339 e. The van der Waals surface area contributed by atoms with Crippen LogP contribution >= 0.6 is 15.9 Å². The van der Waals surface area contributed by atoms with E-state index in [2.05, 4.69) is 21.2 Å². The second-order valence-corrected chi connectivity index (χ2v) is 8.37. The average molecular weight is 456 g/mol. The molecule has 0 bridgehead atoms. The topological polar surface area (TPSA) is 69.7 Å². The number of nitrogens with zero attached hydrogens (tertiary/aromatic N) is 2. The standard InChI is InChI=1S/C22H22BrN3O3/c23-17-6-4-8-19(13-17)26-14-16(12-20(26)27)21(28)24-18-7-3-5-15(11-18)22(29)25-9-1-2-10-25/h3-8,11,13,16H,1-2,9-10,12,14H2,(H,24,28). The molecule has 2 aromatic carbocycles. The van der Waals surface area contributed by atoms with Crippen molar-refractivity contribution in [3.63, 3.8) is 0 Å². The highest BCUT2D eigenvalue weighted by molar-refractivity contribution is 9.10. The van der Waals surface area contributed by atoms with Gasteiger partial charge in [-0.1, -0.05) is 28.1 Å². The zero-order valence-corrected chi connectivity index (χ0v) is 17.5. The molecule has 2 heterocycles. The molecule has 2 saturated heterocycles. The first kappa shape index (κ1) is 19.6. The molecule has 29 heavy (non-hydrogen) atoms. The number of likely N-dealkylation sites (tertiary alicyclic amines) is 1. The first-order valence-corrected chi connectivity index (χ1v) is 10.6. The highest BCUT2D eigenvalue weighted by Gasteiger charge is 2.35. The monoisotopic (exact) mass is 455 g/mol. The lowest BCUT2D eigenvalue weighted by atomic mass is 10.1. The summed E-state index contributed by atoms with van der Waals surface area (Å²) in [5.74, 6) is -0.710. The number of carbonyl (C=O) groups excluding carboxylic acids is 3. The van der Waals surface area contributed by atoms with Crippen molar-refractivity contribution in [2.75, 3.05) is 29.9 Å². The molecular weight excluding hydrogens is 434 g/mol. The summed E-state index contributed by atoms with van der Waals surface area (Å²) in [6.07, 6.45) is 2.24.